The van der Waals surface area contributed by atoms with Crippen molar-refractivity contribution in [3.8, 4) is 11.6 Å². The summed E-state index contributed by atoms with van der Waals surface area (Å²) in [5, 5.41) is 3.82. The van der Waals surface area contributed by atoms with Gasteiger partial charge >= 0.3 is 0 Å². The summed E-state index contributed by atoms with van der Waals surface area (Å²) < 4.78 is 7.04. The molecule has 0 atom stereocenters. The molecule has 0 saturated carbocycles. The van der Waals surface area contributed by atoms with Crippen LogP contribution in [-0.4, -0.2) is 21.3 Å². The van der Waals surface area contributed by atoms with Crippen molar-refractivity contribution in [3.05, 3.63) is 24.2 Å². The summed E-state index contributed by atoms with van der Waals surface area (Å²) in [7, 11) is 1.93. The van der Waals surface area contributed by atoms with Crippen LogP contribution >= 0.6 is 12.4 Å². The van der Waals surface area contributed by atoms with Crippen LogP contribution in [0, 0.1) is 0 Å². The SMILES string of the molecule is Cl.Cn1cccc1-c1nc(CCN)no1. The Morgan fingerprint density at radius 1 is 1.53 bits per heavy atom. The Hall–Kier alpha value is -1.33. The second kappa shape index (κ2) is 4.95. The van der Waals surface area contributed by atoms with E-state index in [0.29, 0.717) is 24.7 Å². The van der Waals surface area contributed by atoms with Gasteiger partial charge in [-0.15, -0.1) is 12.4 Å². The standard InChI is InChI=1S/C9H12N4O.ClH/c1-13-6-2-3-7(13)9-11-8(4-5-10)12-14-9;/h2-3,6H,4-5,10H2,1H3;1H. The molecule has 2 aromatic rings. The highest BCUT2D eigenvalue weighted by Gasteiger charge is 2.09. The normalized spacial score (nSPS) is 10.0. The maximum atomic E-state index is 5.39. The van der Waals surface area contributed by atoms with Crippen LogP contribution in [0.15, 0.2) is 22.9 Å². The lowest BCUT2D eigenvalue weighted by atomic mass is 10.4. The van der Waals surface area contributed by atoms with Crippen LogP contribution < -0.4 is 5.73 Å². The first-order chi connectivity index (χ1) is 6.81. The average molecular weight is 229 g/mol. The van der Waals surface area contributed by atoms with Gasteiger partial charge < -0.3 is 14.8 Å². The van der Waals surface area contributed by atoms with Crippen LogP contribution in [0.5, 0.6) is 0 Å². The van der Waals surface area contributed by atoms with Crippen LogP contribution in [0.4, 0.5) is 0 Å². The van der Waals surface area contributed by atoms with Gasteiger partial charge in [0, 0.05) is 19.7 Å². The van der Waals surface area contributed by atoms with Crippen molar-refractivity contribution in [3.63, 3.8) is 0 Å². The lowest BCUT2D eigenvalue weighted by Crippen LogP contribution is -2.03. The van der Waals surface area contributed by atoms with E-state index in [2.05, 4.69) is 10.1 Å². The van der Waals surface area contributed by atoms with Crippen LogP contribution in [0.1, 0.15) is 5.82 Å². The number of aryl methyl sites for hydroxylation is 1. The molecule has 0 bridgehead atoms. The zero-order chi connectivity index (χ0) is 9.97. The molecule has 0 fully saturated rings. The molecule has 6 heteroatoms. The van der Waals surface area contributed by atoms with Gasteiger partial charge in [-0.2, -0.15) is 4.98 Å². The van der Waals surface area contributed by atoms with Gasteiger partial charge in [0.2, 0.25) is 0 Å². The number of halogens is 1. The summed E-state index contributed by atoms with van der Waals surface area (Å²) in [4.78, 5) is 4.22. The van der Waals surface area contributed by atoms with E-state index in [-0.39, 0.29) is 12.4 Å². The topological polar surface area (TPSA) is 69.9 Å². The number of rotatable bonds is 3. The Balaban J connectivity index is 0.00000112. The molecule has 82 valence electrons. The lowest BCUT2D eigenvalue weighted by molar-refractivity contribution is 0.420. The van der Waals surface area contributed by atoms with E-state index in [1.807, 2.05) is 29.9 Å². The molecule has 0 aliphatic heterocycles. The molecular formula is C9H13ClN4O. The Labute approximate surface area is 93.7 Å². The third-order valence-electron chi connectivity index (χ3n) is 2.00. The maximum Gasteiger partial charge on any atom is 0.274 e. The smallest absolute Gasteiger partial charge is 0.274 e. The molecule has 0 unspecified atom stereocenters. The Morgan fingerprint density at radius 3 is 2.93 bits per heavy atom. The van der Waals surface area contributed by atoms with Gasteiger partial charge in [0.25, 0.3) is 5.89 Å². The third kappa shape index (κ3) is 2.37. The molecule has 0 spiro atoms. The van der Waals surface area contributed by atoms with E-state index in [9.17, 15) is 0 Å². The van der Waals surface area contributed by atoms with Gasteiger partial charge in [-0.25, -0.2) is 0 Å². The summed E-state index contributed by atoms with van der Waals surface area (Å²) in [6.45, 7) is 0.534. The largest absolute Gasteiger partial charge is 0.347 e. The van der Waals surface area contributed by atoms with E-state index < -0.39 is 0 Å². The monoisotopic (exact) mass is 228 g/mol. The number of hydrogen-bond donors (Lipinski definition) is 1. The molecule has 2 aromatic heterocycles. The number of nitrogens with zero attached hydrogens (tertiary/aromatic N) is 3. The fourth-order valence-electron chi connectivity index (χ4n) is 1.27. The van der Waals surface area contributed by atoms with E-state index in [4.69, 9.17) is 10.3 Å². The fraction of sp³-hybridized carbons (Fsp3) is 0.333. The van der Waals surface area contributed by atoms with Crippen LogP contribution in [-0.2, 0) is 13.5 Å². The van der Waals surface area contributed by atoms with Gasteiger partial charge in [0.1, 0.15) is 5.69 Å². The molecule has 5 nitrogen and oxygen atoms in total. The van der Waals surface area contributed by atoms with Crippen LogP contribution in [0.2, 0.25) is 0 Å². The molecule has 0 aliphatic carbocycles. The second-order valence-electron chi connectivity index (χ2n) is 3.06. The summed E-state index contributed by atoms with van der Waals surface area (Å²) in [6.07, 6.45) is 2.58. The Kier molecular flexibility index (Phi) is 3.88. The Bertz CT molecular complexity index is 423. The van der Waals surface area contributed by atoms with Gasteiger partial charge in [-0.1, -0.05) is 5.16 Å². The first kappa shape index (κ1) is 11.7. The molecule has 0 amide bonds. The van der Waals surface area contributed by atoms with Gasteiger partial charge in [0.05, 0.1) is 0 Å². The molecular weight excluding hydrogens is 216 g/mol. The number of aromatic nitrogens is 3. The summed E-state index contributed by atoms with van der Waals surface area (Å²) in [6, 6.07) is 3.86. The van der Waals surface area contributed by atoms with Crippen molar-refractivity contribution >= 4 is 12.4 Å². The first-order valence-corrected chi connectivity index (χ1v) is 4.45. The molecule has 0 aliphatic rings. The van der Waals surface area contributed by atoms with Crippen molar-refractivity contribution in [2.45, 2.75) is 6.42 Å². The van der Waals surface area contributed by atoms with Gasteiger partial charge in [0.15, 0.2) is 5.82 Å². The molecule has 15 heavy (non-hydrogen) atoms. The highest BCUT2D eigenvalue weighted by molar-refractivity contribution is 5.85. The van der Waals surface area contributed by atoms with Crippen LogP contribution in [0.25, 0.3) is 11.6 Å². The highest BCUT2D eigenvalue weighted by Crippen LogP contribution is 2.16. The third-order valence-corrected chi connectivity index (χ3v) is 2.00. The summed E-state index contributed by atoms with van der Waals surface area (Å²) >= 11 is 0. The van der Waals surface area contributed by atoms with E-state index in [1.54, 1.807) is 0 Å². The molecule has 0 radical (unpaired) electrons. The highest BCUT2D eigenvalue weighted by atomic mass is 35.5. The zero-order valence-electron chi connectivity index (χ0n) is 8.38. The van der Waals surface area contributed by atoms with E-state index in [1.165, 1.54) is 0 Å². The van der Waals surface area contributed by atoms with Gasteiger partial charge in [-0.3, -0.25) is 0 Å². The molecule has 2 N–H and O–H groups in total. The van der Waals surface area contributed by atoms with Crippen LogP contribution in [0.3, 0.4) is 0 Å². The maximum absolute atomic E-state index is 5.39. The lowest BCUT2D eigenvalue weighted by Gasteiger charge is -1.94. The van der Waals surface area contributed by atoms with Gasteiger partial charge in [-0.05, 0) is 18.7 Å². The fourth-order valence-corrected chi connectivity index (χ4v) is 1.27. The number of hydrogen-bond acceptors (Lipinski definition) is 4. The second-order valence-corrected chi connectivity index (χ2v) is 3.06. The minimum absolute atomic E-state index is 0. The average Bonchev–Trinajstić information content (AvgIpc) is 2.74. The predicted octanol–water partition coefficient (Wildman–Crippen LogP) is 0.998. The van der Waals surface area contributed by atoms with Crippen molar-refractivity contribution in [2.24, 2.45) is 12.8 Å². The zero-order valence-corrected chi connectivity index (χ0v) is 9.20. The molecule has 2 rings (SSSR count). The van der Waals surface area contributed by atoms with Crippen molar-refractivity contribution in [1.82, 2.24) is 14.7 Å². The summed E-state index contributed by atoms with van der Waals surface area (Å²) in [5.74, 6) is 1.20. The first-order valence-electron chi connectivity index (χ1n) is 4.45. The van der Waals surface area contributed by atoms with Crippen molar-refractivity contribution in [2.75, 3.05) is 6.54 Å². The molecule has 2 heterocycles. The van der Waals surface area contributed by atoms with Crippen molar-refractivity contribution < 1.29 is 4.52 Å². The summed E-state index contributed by atoms with van der Waals surface area (Å²) in [5.41, 5.74) is 6.31. The molecule has 0 aromatic carbocycles. The Morgan fingerprint density at radius 2 is 2.33 bits per heavy atom. The minimum Gasteiger partial charge on any atom is -0.347 e. The minimum atomic E-state index is 0. The van der Waals surface area contributed by atoms with E-state index in [0.717, 1.165) is 5.69 Å². The van der Waals surface area contributed by atoms with E-state index >= 15 is 0 Å². The number of nitrogens with two attached hydrogens (primary N) is 1. The molecule has 0 saturated heterocycles. The predicted molar refractivity (Wildman–Crippen MR) is 58.7 cm³/mol. The quantitative estimate of drug-likeness (QED) is 0.851. The van der Waals surface area contributed by atoms with Crippen molar-refractivity contribution in [1.29, 1.82) is 0 Å².